The van der Waals surface area contributed by atoms with Crippen molar-refractivity contribution < 1.29 is 13.9 Å². The van der Waals surface area contributed by atoms with Gasteiger partial charge in [0.25, 0.3) is 5.91 Å². The lowest BCUT2D eigenvalue weighted by atomic mass is 9.84. The first-order chi connectivity index (χ1) is 13.9. The Labute approximate surface area is 176 Å². The minimum absolute atomic E-state index is 0.203. The molecule has 1 aromatic heterocycles. The molecule has 1 saturated heterocycles. The van der Waals surface area contributed by atoms with Gasteiger partial charge < -0.3 is 15.8 Å². The number of carbonyl (C=O) groups excluding carboxylic acids is 1. The second-order valence-corrected chi connectivity index (χ2v) is 8.44. The fourth-order valence-electron chi connectivity index (χ4n) is 3.45. The smallest absolute Gasteiger partial charge is 0.274 e. The van der Waals surface area contributed by atoms with Gasteiger partial charge in [-0.05, 0) is 55.1 Å². The van der Waals surface area contributed by atoms with Gasteiger partial charge in [0, 0.05) is 31.1 Å². The number of carbonyl (C=O) groups is 1. The molecule has 0 radical (unpaired) electrons. The summed E-state index contributed by atoms with van der Waals surface area (Å²) < 4.78 is 22.5. The first kappa shape index (κ1) is 19.9. The van der Waals surface area contributed by atoms with Gasteiger partial charge in [-0.3, -0.25) is 9.10 Å². The highest BCUT2D eigenvalue weighted by molar-refractivity contribution is 7.98. The number of rotatable bonds is 3. The van der Waals surface area contributed by atoms with Crippen LogP contribution in [0.15, 0.2) is 41.5 Å². The molecule has 2 aromatic rings. The molecular weight excluding hydrogens is 417 g/mol. The Morgan fingerprint density at radius 2 is 2.28 bits per heavy atom. The second-order valence-electron chi connectivity index (χ2n) is 6.81. The van der Waals surface area contributed by atoms with E-state index in [0.717, 1.165) is 6.42 Å². The summed E-state index contributed by atoms with van der Waals surface area (Å²) in [5.41, 5.74) is 5.66. The van der Waals surface area contributed by atoms with E-state index in [2.05, 4.69) is 15.3 Å². The maximum absolute atomic E-state index is 14.9. The summed E-state index contributed by atoms with van der Waals surface area (Å²) in [4.78, 5) is 21.1. The normalized spacial score (nSPS) is 23.9. The lowest BCUT2D eigenvalue weighted by molar-refractivity contribution is 0.00805. The quantitative estimate of drug-likeness (QED) is 0.718. The summed E-state index contributed by atoms with van der Waals surface area (Å²) in [7, 11) is 1.79. The molecule has 7 nitrogen and oxygen atoms in total. The van der Waals surface area contributed by atoms with Crippen LogP contribution < -0.4 is 11.1 Å². The number of anilines is 1. The second kappa shape index (κ2) is 7.81. The highest BCUT2D eigenvalue weighted by atomic mass is 35.5. The van der Waals surface area contributed by atoms with Gasteiger partial charge >= 0.3 is 0 Å². The van der Waals surface area contributed by atoms with Gasteiger partial charge in [0.15, 0.2) is 5.44 Å². The van der Waals surface area contributed by atoms with Crippen molar-refractivity contribution in [2.75, 3.05) is 19.0 Å². The number of guanidine groups is 1. The molecule has 2 unspecified atom stereocenters. The molecule has 2 aliphatic rings. The first-order valence-electron chi connectivity index (χ1n) is 8.99. The van der Waals surface area contributed by atoms with Gasteiger partial charge in [-0.1, -0.05) is 11.6 Å². The van der Waals surface area contributed by atoms with Crippen LogP contribution in [0.5, 0.6) is 0 Å². The topological polar surface area (TPSA) is 92.8 Å². The van der Waals surface area contributed by atoms with E-state index in [1.807, 2.05) is 0 Å². The average Bonchev–Trinajstić information content (AvgIpc) is 2.70. The summed E-state index contributed by atoms with van der Waals surface area (Å²) in [6.07, 6.45) is 2.71. The summed E-state index contributed by atoms with van der Waals surface area (Å²) >= 11 is 7.19. The molecule has 3 N–H and O–H groups in total. The number of nitrogens with two attached hydrogens (primary N) is 1. The zero-order valence-corrected chi connectivity index (χ0v) is 17.1. The van der Waals surface area contributed by atoms with Crippen molar-refractivity contribution in [2.45, 2.75) is 23.8 Å². The van der Waals surface area contributed by atoms with E-state index in [1.54, 1.807) is 23.5 Å². The van der Waals surface area contributed by atoms with Gasteiger partial charge in [-0.2, -0.15) is 0 Å². The Hall–Kier alpha value is -2.36. The molecule has 1 fully saturated rings. The van der Waals surface area contributed by atoms with E-state index in [1.165, 1.54) is 36.3 Å². The van der Waals surface area contributed by atoms with E-state index in [4.69, 9.17) is 22.1 Å². The fraction of sp³-hybridized carbons (Fsp3) is 0.316. The molecular formula is C19H19ClFN5O2S. The molecule has 3 heterocycles. The van der Waals surface area contributed by atoms with Crippen molar-refractivity contribution in [1.29, 1.82) is 0 Å². The van der Waals surface area contributed by atoms with Crippen LogP contribution in [0.3, 0.4) is 0 Å². The van der Waals surface area contributed by atoms with Crippen LogP contribution in [-0.4, -0.2) is 40.2 Å². The van der Waals surface area contributed by atoms with Gasteiger partial charge in [-0.25, -0.2) is 14.4 Å². The molecule has 29 heavy (non-hydrogen) atoms. The largest absolute Gasteiger partial charge is 0.369 e. The van der Waals surface area contributed by atoms with Crippen molar-refractivity contribution in [3.8, 4) is 0 Å². The number of halogens is 2. The summed E-state index contributed by atoms with van der Waals surface area (Å²) in [5, 5.41) is 3.18. The Morgan fingerprint density at radius 3 is 3.03 bits per heavy atom. The standard InChI is InChI=1S/C19H19ClFN5O2S/c1-26-18(22)25-19(7-2-8-28-17(19)29-26)13-9-12(4-5-14(13)21)24-16(27)15-6-3-11(20)10-23-15/h3-6,9-10,17H,2,7-8H2,1H3,(H2,22,25)(H,24,27). The first-order valence-corrected chi connectivity index (χ1v) is 10.2. The van der Waals surface area contributed by atoms with Gasteiger partial charge in [-0.15, -0.1) is 0 Å². The third-order valence-corrected chi connectivity index (χ3v) is 6.35. The van der Waals surface area contributed by atoms with Gasteiger partial charge in [0.05, 0.1) is 5.02 Å². The summed E-state index contributed by atoms with van der Waals surface area (Å²) in [6.45, 7) is 0.572. The van der Waals surface area contributed by atoms with Crippen LogP contribution in [0.2, 0.25) is 5.02 Å². The molecule has 1 aromatic carbocycles. The molecule has 1 amide bonds. The number of benzene rings is 1. The zero-order valence-electron chi connectivity index (χ0n) is 15.6. The number of nitrogens with one attached hydrogen (secondary N) is 1. The molecule has 0 spiro atoms. The van der Waals surface area contributed by atoms with E-state index < -0.39 is 22.7 Å². The lowest BCUT2D eigenvalue weighted by Gasteiger charge is -2.45. The third kappa shape index (κ3) is 3.77. The molecule has 0 bridgehead atoms. The van der Waals surface area contributed by atoms with Gasteiger partial charge in [0.1, 0.15) is 17.1 Å². The number of aromatic nitrogens is 1. The van der Waals surface area contributed by atoms with Crippen LogP contribution in [0.4, 0.5) is 10.1 Å². The Kier molecular flexibility index (Phi) is 5.37. The Balaban J connectivity index is 1.69. The molecule has 2 atom stereocenters. The van der Waals surface area contributed by atoms with E-state index in [0.29, 0.717) is 35.3 Å². The van der Waals surface area contributed by atoms with Crippen LogP contribution in [0, 0.1) is 5.82 Å². The zero-order chi connectivity index (χ0) is 20.6. The Morgan fingerprint density at radius 1 is 1.45 bits per heavy atom. The molecule has 4 rings (SSSR count). The van der Waals surface area contributed by atoms with Crippen molar-refractivity contribution in [3.05, 3.63) is 58.6 Å². The van der Waals surface area contributed by atoms with Crippen LogP contribution >= 0.6 is 23.5 Å². The van der Waals surface area contributed by atoms with E-state index in [9.17, 15) is 9.18 Å². The maximum atomic E-state index is 14.9. The molecule has 0 saturated carbocycles. The number of hydrogen-bond donors (Lipinski definition) is 2. The maximum Gasteiger partial charge on any atom is 0.274 e. The predicted molar refractivity (Wildman–Crippen MR) is 111 cm³/mol. The van der Waals surface area contributed by atoms with Crippen molar-refractivity contribution >= 4 is 41.1 Å². The number of aliphatic imine (C=N–C) groups is 1. The Bertz CT molecular complexity index is 974. The fourth-order valence-corrected chi connectivity index (χ4v) is 4.63. The lowest BCUT2D eigenvalue weighted by Crippen LogP contribution is -2.51. The highest BCUT2D eigenvalue weighted by Gasteiger charge is 2.49. The summed E-state index contributed by atoms with van der Waals surface area (Å²) in [5.74, 6) is -0.547. The highest BCUT2D eigenvalue weighted by Crippen LogP contribution is 2.48. The van der Waals surface area contributed by atoms with E-state index >= 15 is 0 Å². The predicted octanol–water partition coefficient (Wildman–Crippen LogP) is 3.37. The molecule has 152 valence electrons. The molecule has 10 heteroatoms. The van der Waals surface area contributed by atoms with Crippen molar-refractivity contribution in [2.24, 2.45) is 10.7 Å². The number of pyridine rings is 1. The molecule has 2 aliphatic heterocycles. The minimum Gasteiger partial charge on any atom is -0.369 e. The van der Waals surface area contributed by atoms with Crippen LogP contribution in [0.25, 0.3) is 0 Å². The average molecular weight is 436 g/mol. The number of hydrogen-bond acceptors (Lipinski definition) is 7. The SMILES string of the molecule is CN1SC2OCCCC2(c2cc(NC(=O)c3ccc(Cl)cn3)ccc2F)N=C1N. The van der Waals surface area contributed by atoms with Crippen molar-refractivity contribution in [3.63, 3.8) is 0 Å². The van der Waals surface area contributed by atoms with Crippen LogP contribution in [-0.2, 0) is 10.3 Å². The number of nitrogens with zero attached hydrogens (tertiary/aromatic N) is 3. The van der Waals surface area contributed by atoms with Gasteiger partial charge in [0.2, 0.25) is 5.96 Å². The molecule has 0 aliphatic carbocycles. The summed E-state index contributed by atoms with van der Waals surface area (Å²) in [6, 6.07) is 7.50. The number of fused-ring (bicyclic) bond motifs is 1. The van der Waals surface area contributed by atoms with Crippen LogP contribution in [0.1, 0.15) is 28.9 Å². The third-order valence-electron chi connectivity index (χ3n) is 4.90. The van der Waals surface area contributed by atoms with Crippen molar-refractivity contribution in [1.82, 2.24) is 9.29 Å². The van der Waals surface area contributed by atoms with E-state index in [-0.39, 0.29) is 5.69 Å². The number of amides is 1. The monoisotopic (exact) mass is 435 g/mol. The minimum atomic E-state index is -0.956. The number of ether oxygens (including phenoxy) is 1.